The summed E-state index contributed by atoms with van der Waals surface area (Å²) in [6.45, 7) is 1.98. The molecule has 2 aliphatic heterocycles. The van der Waals surface area contributed by atoms with Gasteiger partial charge in [0.25, 0.3) is 11.6 Å². The fourth-order valence-electron chi connectivity index (χ4n) is 3.87. The molecule has 2 saturated heterocycles. The maximum Gasteiger partial charge on any atom is 0.295 e. The quantitative estimate of drug-likeness (QED) is 0.404. The molecule has 2 heterocycles. The molecule has 12 heteroatoms. The van der Waals surface area contributed by atoms with Crippen molar-refractivity contribution < 1.29 is 27.6 Å². The first kappa shape index (κ1) is 23.9. The van der Waals surface area contributed by atoms with E-state index >= 15 is 0 Å². The number of carbonyl (C=O) groups is 1. The number of ether oxygens (including phenoxy) is 2. The number of anilines is 1. The van der Waals surface area contributed by atoms with E-state index in [0.29, 0.717) is 31.0 Å². The summed E-state index contributed by atoms with van der Waals surface area (Å²) in [5.74, 6) is 0.0826. The fourth-order valence-corrected chi connectivity index (χ4v) is 5.41. The predicted octanol–water partition coefficient (Wildman–Crippen LogP) is 2.69. The van der Waals surface area contributed by atoms with Crippen LogP contribution in [0.4, 0.5) is 11.4 Å². The molecule has 182 valence electrons. The van der Waals surface area contributed by atoms with E-state index in [1.807, 2.05) is 0 Å². The Hall–Kier alpha value is -3.22. The smallest absolute Gasteiger partial charge is 0.295 e. The predicted molar refractivity (Wildman–Crippen MR) is 123 cm³/mol. The molecule has 0 aliphatic carbocycles. The zero-order valence-corrected chi connectivity index (χ0v) is 19.3. The van der Waals surface area contributed by atoms with E-state index in [1.54, 1.807) is 24.3 Å². The molecule has 1 atom stereocenters. The van der Waals surface area contributed by atoms with Gasteiger partial charge in [0.2, 0.25) is 10.0 Å². The van der Waals surface area contributed by atoms with Crippen molar-refractivity contribution in [1.29, 1.82) is 0 Å². The number of hydrogen-bond donors (Lipinski definition) is 2. The third kappa shape index (κ3) is 5.46. The van der Waals surface area contributed by atoms with E-state index in [1.165, 1.54) is 16.4 Å². The number of amides is 1. The molecule has 2 aromatic carbocycles. The molecule has 0 saturated carbocycles. The van der Waals surface area contributed by atoms with Gasteiger partial charge in [0.1, 0.15) is 18.0 Å². The van der Waals surface area contributed by atoms with Crippen molar-refractivity contribution in [2.24, 2.45) is 0 Å². The van der Waals surface area contributed by atoms with Gasteiger partial charge in [-0.3, -0.25) is 25.8 Å². The van der Waals surface area contributed by atoms with E-state index in [-0.39, 0.29) is 16.7 Å². The van der Waals surface area contributed by atoms with Gasteiger partial charge in [-0.1, -0.05) is 0 Å². The second-order valence-corrected chi connectivity index (χ2v) is 10.0. The minimum atomic E-state index is -3.81. The summed E-state index contributed by atoms with van der Waals surface area (Å²) in [5, 5.41) is 11.6. The van der Waals surface area contributed by atoms with Crippen LogP contribution in [-0.2, 0) is 14.8 Å². The maximum absolute atomic E-state index is 12.7. The van der Waals surface area contributed by atoms with Crippen molar-refractivity contribution in [3.8, 4) is 5.75 Å². The zero-order valence-electron chi connectivity index (χ0n) is 18.4. The Bertz CT molecular complexity index is 1140. The normalized spacial score (nSPS) is 18.5. The van der Waals surface area contributed by atoms with Crippen molar-refractivity contribution in [3.63, 3.8) is 0 Å². The average Bonchev–Trinajstić information content (AvgIpc) is 3.56. The van der Waals surface area contributed by atoms with Crippen molar-refractivity contribution in [2.75, 3.05) is 31.7 Å². The topological polar surface area (TPSA) is 140 Å². The monoisotopic (exact) mass is 490 g/mol. The summed E-state index contributed by atoms with van der Waals surface area (Å²) in [5.41, 5.74) is 4.75. The third-order valence-corrected chi connectivity index (χ3v) is 7.65. The number of nitro benzene ring substituents is 1. The van der Waals surface area contributed by atoms with Crippen LogP contribution in [0, 0.1) is 10.1 Å². The fraction of sp³-hybridized carbons (Fsp3) is 0.409. The van der Waals surface area contributed by atoms with Crippen LogP contribution in [0.5, 0.6) is 5.75 Å². The second kappa shape index (κ2) is 10.4. The molecule has 2 aromatic rings. The lowest BCUT2D eigenvalue weighted by molar-refractivity contribution is -0.384. The molecule has 4 rings (SSSR count). The zero-order chi connectivity index (χ0) is 24.1. The molecule has 34 heavy (non-hydrogen) atoms. The molecule has 0 spiro atoms. The highest BCUT2D eigenvalue weighted by Gasteiger charge is 2.29. The van der Waals surface area contributed by atoms with Crippen LogP contribution < -0.4 is 15.6 Å². The molecule has 0 radical (unpaired) electrons. The molecule has 1 unspecified atom stereocenters. The van der Waals surface area contributed by atoms with Crippen LogP contribution in [0.15, 0.2) is 47.4 Å². The summed E-state index contributed by atoms with van der Waals surface area (Å²) in [6, 6.07) is 10.0. The molecular weight excluding hydrogens is 464 g/mol. The van der Waals surface area contributed by atoms with E-state index in [9.17, 15) is 23.3 Å². The molecule has 0 aromatic heterocycles. The third-order valence-electron chi connectivity index (χ3n) is 5.76. The van der Waals surface area contributed by atoms with Gasteiger partial charge >= 0.3 is 0 Å². The second-order valence-electron chi connectivity index (χ2n) is 8.10. The number of nitrogens with zero attached hydrogens (tertiary/aromatic N) is 2. The average molecular weight is 491 g/mol. The number of nitro groups is 1. The highest BCUT2D eigenvalue weighted by molar-refractivity contribution is 7.89. The van der Waals surface area contributed by atoms with Gasteiger partial charge in [-0.15, -0.1) is 0 Å². The van der Waals surface area contributed by atoms with Crippen molar-refractivity contribution in [1.82, 2.24) is 9.73 Å². The Morgan fingerprint density at radius 2 is 1.88 bits per heavy atom. The summed E-state index contributed by atoms with van der Waals surface area (Å²) >= 11 is 0. The number of hydrazine groups is 1. The maximum atomic E-state index is 12.7. The molecule has 0 bridgehead atoms. The molecular formula is C22H26N4O7S. The lowest BCUT2D eigenvalue weighted by Crippen LogP contribution is -2.30. The van der Waals surface area contributed by atoms with Crippen molar-refractivity contribution >= 4 is 27.3 Å². The summed E-state index contributed by atoms with van der Waals surface area (Å²) in [6.07, 6.45) is 3.59. The Morgan fingerprint density at radius 3 is 2.53 bits per heavy atom. The number of sulfonamides is 1. The summed E-state index contributed by atoms with van der Waals surface area (Å²) in [7, 11) is -3.81. The number of hydrogen-bond acceptors (Lipinski definition) is 8. The largest absolute Gasteiger partial charge is 0.491 e. The van der Waals surface area contributed by atoms with Gasteiger partial charge in [0.15, 0.2) is 0 Å². The lowest BCUT2D eigenvalue weighted by atomic mass is 10.2. The summed E-state index contributed by atoms with van der Waals surface area (Å²) in [4.78, 5) is 23.2. The van der Waals surface area contributed by atoms with Crippen molar-refractivity contribution in [3.05, 3.63) is 58.1 Å². The van der Waals surface area contributed by atoms with Crippen molar-refractivity contribution in [2.45, 2.75) is 36.7 Å². The van der Waals surface area contributed by atoms with E-state index < -0.39 is 26.5 Å². The highest BCUT2D eigenvalue weighted by atomic mass is 32.2. The molecule has 2 aliphatic rings. The lowest BCUT2D eigenvalue weighted by Gasteiger charge is -2.16. The minimum Gasteiger partial charge on any atom is -0.491 e. The Kier molecular flexibility index (Phi) is 7.29. The van der Waals surface area contributed by atoms with E-state index in [0.717, 1.165) is 38.4 Å². The highest BCUT2D eigenvalue weighted by Crippen LogP contribution is 2.30. The number of rotatable bonds is 9. The van der Waals surface area contributed by atoms with Crippen LogP contribution in [0.2, 0.25) is 0 Å². The summed E-state index contributed by atoms with van der Waals surface area (Å²) < 4.78 is 37.9. The van der Waals surface area contributed by atoms with Crippen LogP contribution >= 0.6 is 0 Å². The van der Waals surface area contributed by atoms with E-state index in [2.05, 4.69) is 10.9 Å². The molecule has 11 nitrogen and oxygen atoms in total. The number of benzene rings is 2. The Morgan fingerprint density at radius 1 is 1.15 bits per heavy atom. The first-order chi connectivity index (χ1) is 16.3. The van der Waals surface area contributed by atoms with Gasteiger partial charge in [0, 0.05) is 31.3 Å². The number of carbonyl (C=O) groups excluding carboxylic acids is 1. The standard InChI is InChI=1S/C22H26N4O7S/c27-22(16-5-7-17(8-6-16)33-15-18-4-3-13-32-18)24-23-20-10-9-19(14-21(20)26(28)29)34(30,31)25-11-1-2-12-25/h5-10,14,18,23H,1-4,11-13,15H2,(H,24,27). The van der Waals surface area contributed by atoms with Crippen LogP contribution in [0.25, 0.3) is 0 Å². The van der Waals surface area contributed by atoms with Gasteiger partial charge in [-0.05, 0) is 62.1 Å². The van der Waals surface area contributed by atoms with Gasteiger partial charge in [0.05, 0.1) is 15.9 Å². The molecule has 2 fully saturated rings. The Balaban J connectivity index is 1.39. The Labute approximate surface area is 197 Å². The van der Waals surface area contributed by atoms with Gasteiger partial charge < -0.3 is 9.47 Å². The van der Waals surface area contributed by atoms with Crippen LogP contribution in [-0.4, -0.2) is 56.0 Å². The van der Waals surface area contributed by atoms with Crippen LogP contribution in [0.3, 0.4) is 0 Å². The minimum absolute atomic E-state index is 0.0322. The molecule has 2 N–H and O–H groups in total. The molecule has 1 amide bonds. The van der Waals surface area contributed by atoms with E-state index in [4.69, 9.17) is 9.47 Å². The van der Waals surface area contributed by atoms with Gasteiger partial charge in [-0.25, -0.2) is 8.42 Å². The first-order valence-corrected chi connectivity index (χ1v) is 12.5. The first-order valence-electron chi connectivity index (χ1n) is 11.0. The SMILES string of the molecule is O=C(NNc1ccc(S(=O)(=O)N2CCCC2)cc1[N+](=O)[O-])c1ccc(OCC2CCCO2)cc1. The number of nitrogens with one attached hydrogen (secondary N) is 2. The van der Waals surface area contributed by atoms with Gasteiger partial charge in [-0.2, -0.15) is 4.31 Å². The van der Waals surface area contributed by atoms with Crippen LogP contribution in [0.1, 0.15) is 36.0 Å².